The molecule has 1 heterocycles. The third kappa shape index (κ3) is 11.0. The van der Waals surface area contributed by atoms with Crippen molar-refractivity contribution in [2.45, 2.75) is 6.42 Å². The van der Waals surface area contributed by atoms with Gasteiger partial charge >= 0.3 is 11.9 Å². The van der Waals surface area contributed by atoms with Crippen molar-refractivity contribution < 1.29 is 19.8 Å². The molecule has 0 aliphatic carbocycles. The van der Waals surface area contributed by atoms with Crippen LogP contribution in [0.2, 0.25) is 0 Å². The van der Waals surface area contributed by atoms with Crippen molar-refractivity contribution in [2.24, 2.45) is 0 Å². The minimum absolute atomic E-state index is 0.806. The molecule has 1 fully saturated rings. The van der Waals surface area contributed by atoms with Crippen LogP contribution < -0.4 is 15.4 Å². The van der Waals surface area contributed by atoms with Gasteiger partial charge in [-0.25, -0.2) is 0 Å². The first-order valence-corrected chi connectivity index (χ1v) is 3.29. The van der Waals surface area contributed by atoms with E-state index in [0.29, 0.717) is 0 Å². The molecule has 0 spiro atoms. The second-order valence-corrected chi connectivity index (χ2v) is 1.90. The molecule has 1 rings (SSSR count). The van der Waals surface area contributed by atoms with Crippen molar-refractivity contribution in [3.8, 4) is 0 Å². The highest BCUT2D eigenvalue weighted by Gasteiger charge is 2.01. The van der Waals surface area contributed by atoms with Crippen LogP contribution in [0.4, 0.5) is 0 Å². The SMILES string of the molecule is O=C(O)CC(=O)O.[B]1N[B]N[B]N1. The Labute approximate surface area is 77.1 Å². The first-order valence-electron chi connectivity index (χ1n) is 3.29. The quantitative estimate of drug-likeness (QED) is 0.227. The van der Waals surface area contributed by atoms with E-state index in [1.807, 2.05) is 0 Å². The Hall–Kier alpha value is -0.985. The van der Waals surface area contributed by atoms with E-state index in [1.54, 1.807) is 22.6 Å². The average molecular weight is 182 g/mol. The number of hydrogen-bond donors (Lipinski definition) is 5. The van der Waals surface area contributed by atoms with Gasteiger partial charge in [-0.1, -0.05) is 0 Å². The van der Waals surface area contributed by atoms with E-state index in [1.165, 1.54) is 0 Å². The van der Waals surface area contributed by atoms with Crippen LogP contribution in [-0.2, 0) is 9.59 Å². The highest BCUT2D eigenvalue weighted by atomic mass is 16.4. The molecule has 13 heavy (non-hydrogen) atoms. The zero-order chi connectivity index (χ0) is 10.1. The van der Waals surface area contributed by atoms with Crippen molar-refractivity contribution in [3.63, 3.8) is 0 Å². The highest BCUT2D eigenvalue weighted by molar-refractivity contribution is 6.65. The van der Waals surface area contributed by atoms with Gasteiger partial charge in [0.2, 0.25) is 0 Å². The van der Waals surface area contributed by atoms with E-state index in [-0.39, 0.29) is 0 Å². The Morgan fingerprint density at radius 3 is 1.31 bits per heavy atom. The largest absolute Gasteiger partial charge is 0.481 e. The summed E-state index contributed by atoms with van der Waals surface area (Å²) in [5.41, 5.74) is 0. The fourth-order valence-electron chi connectivity index (χ4n) is 0.399. The molecule has 5 N–H and O–H groups in total. The molecule has 1 saturated heterocycles. The van der Waals surface area contributed by atoms with Crippen LogP contribution in [0.15, 0.2) is 0 Å². The summed E-state index contributed by atoms with van der Waals surface area (Å²) < 4.78 is 0. The second-order valence-electron chi connectivity index (χ2n) is 1.90. The number of nitrogens with one attached hydrogen (secondary N) is 3. The number of aliphatic carboxylic acids is 2. The van der Waals surface area contributed by atoms with Crippen molar-refractivity contribution in [2.75, 3.05) is 0 Å². The lowest BCUT2D eigenvalue weighted by Crippen LogP contribution is -2.55. The molecular formula is C3H7B3N3O4. The van der Waals surface area contributed by atoms with Gasteiger partial charge < -0.3 is 25.6 Å². The molecule has 0 bridgehead atoms. The third-order valence-electron chi connectivity index (χ3n) is 0.802. The smallest absolute Gasteiger partial charge is 0.314 e. The maximum Gasteiger partial charge on any atom is 0.314 e. The summed E-state index contributed by atoms with van der Waals surface area (Å²) in [4.78, 5) is 18.9. The molecule has 1 aliphatic heterocycles. The summed E-state index contributed by atoms with van der Waals surface area (Å²) >= 11 is 0. The van der Waals surface area contributed by atoms with Gasteiger partial charge in [-0.15, -0.1) is 0 Å². The molecule has 3 radical (unpaired) electrons. The van der Waals surface area contributed by atoms with Gasteiger partial charge in [0.15, 0.2) is 0 Å². The maximum absolute atomic E-state index is 9.43. The van der Waals surface area contributed by atoms with E-state index >= 15 is 0 Å². The first-order chi connectivity index (χ1) is 6.13. The Morgan fingerprint density at radius 1 is 0.923 bits per heavy atom. The summed E-state index contributed by atoms with van der Waals surface area (Å²) in [5, 5.41) is 23.7. The topological polar surface area (TPSA) is 111 Å². The molecule has 0 aromatic rings. The molecule has 1 aliphatic rings. The standard InChI is InChI=1S/C3H4O4.B3H3N3/c4-2(5)1-3(6)7;1-4-2-6-3-5-1/h1H2,(H,4,5)(H,6,7);4-6H. The van der Waals surface area contributed by atoms with Crippen LogP contribution in [0.1, 0.15) is 6.42 Å². The van der Waals surface area contributed by atoms with Gasteiger partial charge in [0, 0.05) is 0 Å². The zero-order valence-corrected chi connectivity index (χ0v) is 6.65. The lowest BCUT2D eigenvalue weighted by atomic mass is 9.85. The van der Waals surface area contributed by atoms with Crippen molar-refractivity contribution in [3.05, 3.63) is 0 Å². The number of carboxylic acid groups (broad SMARTS) is 2. The van der Waals surface area contributed by atoms with Crippen molar-refractivity contribution in [1.29, 1.82) is 0 Å². The highest BCUT2D eigenvalue weighted by Crippen LogP contribution is 1.74. The Bertz CT molecular complexity index is 152. The van der Waals surface area contributed by atoms with Crippen LogP contribution in [0.3, 0.4) is 0 Å². The van der Waals surface area contributed by atoms with Gasteiger partial charge in [-0.05, 0) is 0 Å². The van der Waals surface area contributed by atoms with Crippen molar-refractivity contribution >= 4 is 34.6 Å². The normalized spacial score (nSPS) is 13.5. The molecule has 0 amide bonds. The summed E-state index contributed by atoms with van der Waals surface area (Å²) in [6.45, 7) is 0. The van der Waals surface area contributed by atoms with Crippen LogP contribution in [0, 0.1) is 0 Å². The Balaban J connectivity index is 0.000000223. The predicted molar refractivity (Wildman–Crippen MR) is 46.6 cm³/mol. The summed E-state index contributed by atoms with van der Waals surface area (Å²) in [7, 11) is 5.16. The van der Waals surface area contributed by atoms with E-state index in [4.69, 9.17) is 10.2 Å². The molecule has 0 saturated carbocycles. The number of carboxylic acids is 2. The Morgan fingerprint density at radius 2 is 1.23 bits per heavy atom. The van der Waals surface area contributed by atoms with Crippen molar-refractivity contribution in [1.82, 2.24) is 15.4 Å². The average Bonchev–Trinajstić information content (AvgIpc) is 2.06. The fraction of sp³-hybridized carbons (Fsp3) is 0.333. The predicted octanol–water partition coefficient (Wildman–Crippen LogP) is -3.08. The molecule has 0 atom stereocenters. The Kier molecular flexibility index (Phi) is 7.07. The third-order valence-corrected chi connectivity index (χ3v) is 0.802. The summed E-state index contributed by atoms with van der Waals surface area (Å²) in [6.07, 6.45) is -0.806. The van der Waals surface area contributed by atoms with E-state index in [9.17, 15) is 9.59 Å². The number of rotatable bonds is 2. The zero-order valence-electron chi connectivity index (χ0n) is 6.65. The minimum Gasteiger partial charge on any atom is -0.481 e. The fourth-order valence-corrected chi connectivity index (χ4v) is 0.399. The molecule has 10 heteroatoms. The van der Waals surface area contributed by atoms with E-state index in [0.717, 1.165) is 0 Å². The molecule has 7 nitrogen and oxygen atoms in total. The van der Waals surface area contributed by atoms with E-state index in [2.05, 4.69) is 15.4 Å². The molecular weight excluding hydrogens is 174 g/mol. The van der Waals surface area contributed by atoms with Gasteiger partial charge in [0.1, 0.15) is 6.42 Å². The van der Waals surface area contributed by atoms with Gasteiger partial charge in [0.05, 0.1) is 0 Å². The van der Waals surface area contributed by atoms with Gasteiger partial charge in [-0.3, -0.25) is 9.59 Å². The molecule has 0 aromatic heterocycles. The minimum atomic E-state index is -1.31. The van der Waals surface area contributed by atoms with Gasteiger partial charge in [0.25, 0.3) is 22.6 Å². The van der Waals surface area contributed by atoms with E-state index < -0.39 is 18.4 Å². The van der Waals surface area contributed by atoms with Crippen LogP contribution >= 0.6 is 0 Å². The van der Waals surface area contributed by atoms with Crippen LogP contribution in [0.25, 0.3) is 0 Å². The first kappa shape index (κ1) is 12.0. The van der Waals surface area contributed by atoms with Crippen LogP contribution in [-0.4, -0.2) is 44.8 Å². The number of carbonyl (C=O) groups is 2. The molecule has 67 valence electrons. The molecule has 0 aromatic carbocycles. The van der Waals surface area contributed by atoms with Gasteiger partial charge in [-0.2, -0.15) is 0 Å². The van der Waals surface area contributed by atoms with Crippen LogP contribution in [0.5, 0.6) is 0 Å². The lowest BCUT2D eigenvalue weighted by molar-refractivity contribution is -0.147. The number of hydrogen-bond acceptors (Lipinski definition) is 5. The lowest BCUT2D eigenvalue weighted by Gasteiger charge is -2.07. The second kappa shape index (κ2) is 7.65. The monoisotopic (exact) mass is 182 g/mol. The molecule has 0 unspecified atom stereocenters. The maximum atomic E-state index is 9.43. The summed E-state index contributed by atoms with van der Waals surface area (Å²) in [5.74, 6) is -2.62. The summed E-state index contributed by atoms with van der Waals surface area (Å²) in [6, 6.07) is 0.